The molecule has 2 aliphatic rings. The molecule has 5 heteroatoms. The summed E-state index contributed by atoms with van der Waals surface area (Å²) in [6.07, 6.45) is 1.94. The van der Waals surface area contributed by atoms with Gasteiger partial charge in [-0.15, -0.1) is 0 Å². The number of amides is 1. The van der Waals surface area contributed by atoms with Crippen LogP contribution in [0.4, 0.5) is 4.79 Å². The molecule has 0 saturated heterocycles. The number of hydrogen-bond acceptors (Lipinski definition) is 3. The van der Waals surface area contributed by atoms with Crippen molar-refractivity contribution in [2.24, 2.45) is 11.8 Å². The predicted octanol–water partition coefficient (Wildman–Crippen LogP) is 4.03. The highest BCUT2D eigenvalue weighted by Crippen LogP contribution is 2.44. The number of rotatable bonds is 5. The summed E-state index contributed by atoms with van der Waals surface area (Å²) in [5, 5.41) is 12.0. The van der Waals surface area contributed by atoms with Crippen molar-refractivity contribution < 1.29 is 19.4 Å². The van der Waals surface area contributed by atoms with E-state index in [9.17, 15) is 14.7 Å². The zero-order valence-corrected chi connectivity index (χ0v) is 15.1. The van der Waals surface area contributed by atoms with Crippen LogP contribution in [0.5, 0.6) is 0 Å². The summed E-state index contributed by atoms with van der Waals surface area (Å²) < 4.78 is 5.50. The second-order valence-corrected chi connectivity index (χ2v) is 7.34. The number of nitrogens with one attached hydrogen (secondary N) is 1. The van der Waals surface area contributed by atoms with Gasteiger partial charge in [-0.2, -0.15) is 0 Å². The molecule has 0 aromatic heterocycles. The van der Waals surface area contributed by atoms with E-state index in [0.29, 0.717) is 13.0 Å². The van der Waals surface area contributed by atoms with Gasteiger partial charge in [-0.25, -0.2) is 4.79 Å². The van der Waals surface area contributed by atoms with Crippen molar-refractivity contribution >= 4 is 12.1 Å². The SMILES string of the molecule is O=C(NC[C@@H]1CCC[C@H]1C(=O)O)OCC1c2ccccc2-c2ccccc21. The normalized spacial score (nSPS) is 20.7. The molecule has 0 spiro atoms. The first kappa shape index (κ1) is 17.6. The maximum absolute atomic E-state index is 12.2. The number of carboxylic acids is 1. The second-order valence-electron chi connectivity index (χ2n) is 7.34. The van der Waals surface area contributed by atoms with Crippen LogP contribution >= 0.6 is 0 Å². The largest absolute Gasteiger partial charge is 0.481 e. The van der Waals surface area contributed by atoms with Crippen LogP contribution in [0, 0.1) is 11.8 Å². The van der Waals surface area contributed by atoms with Crippen molar-refractivity contribution in [1.29, 1.82) is 0 Å². The predicted molar refractivity (Wildman–Crippen MR) is 102 cm³/mol. The highest BCUT2D eigenvalue weighted by molar-refractivity contribution is 5.79. The Morgan fingerprint density at radius 2 is 1.63 bits per heavy atom. The average molecular weight is 365 g/mol. The fourth-order valence-corrected chi connectivity index (χ4v) is 4.47. The average Bonchev–Trinajstić information content (AvgIpc) is 3.28. The van der Waals surface area contributed by atoms with Crippen LogP contribution < -0.4 is 5.32 Å². The monoisotopic (exact) mass is 365 g/mol. The van der Waals surface area contributed by atoms with Gasteiger partial charge in [0.25, 0.3) is 0 Å². The van der Waals surface area contributed by atoms with E-state index in [1.54, 1.807) is 0 Å². The first-order chi connectivity index (χ1) is 13.1. The molecule has 2 aliphatic carbocycles. The van der Waals surface area contributed by atoms with E-state index in [-0.39, 0.29) is 24.4 Å². The van der Waals surface area contributed by atoms with Crippen molar-refractivity contribution in [2.45, 2.75) is 25.2 Å². The van der Waals surface area contributed by atoms with Crippen molar-refractivity contribution in [3.63, 3.8) is 0 Å². The minimum atomic E-state index is -0.771. The van der Waals surface area contributed by atoms with Crippen LogP contribution in [0.3, 0.4) is 0 Å². The van der Waals surface area contributed by atoms with E-state index in [1.807, 2.05) is 24.3 Å². The standard InChI is InChI=1S/C22H23NO4/c24-21(25)15-11-5-6-14(15)12-23-22(26)27-13-20-18-9-3-1-7-16(18)17-8-2-4-10-19(17)20/h1-4,7-10,14-15,20H,5-6,11-13H2,(H,23,26)(H,24,25)/t14-,15+/m0/s1. The van der Waals surface area contributed by atoms with Crippen LogP contribution in [-0.2, 0) is 9.53 Å². The first-order valence-corrected chi connectivity index (χ1v) is 9.47. The Morgan fingerprint density at radius 1 is 1.00 bits per heavy atom. The van der Waals surface area contributed by atoms with Crippen LogP contribution in [0.15, 0.2) is 48.5 Å². The van der Waals surface area contributed by atoms with Gasteiger partial charge in [0, 0.05) is 12.5 Å². The number of fused-ring (bicyclic) bond motifs is 3. The summed E-state index contributed by atoms with van der Waals surface area (Å²) in [6, 6.07) is 16.4. The molecule has 1 saturated carbocycles. The smallest absolute Gasteiger partial charge is 0.407 e. The molecule has 27 heavy (non-hydrogen) atoms. The van der Waals surface area contributed by atoms with E-state index in [2.05, 4.69) is 29.6 Å². The lowest BCUT2D eigenvalue weighted by Crippen LogP contribution is -2.34. The third kappa shape index (κ3) is 3.42. The summed E-state index contributed by atoms with van der Waals surface area (Å²) in [6.45, 7) is 0.626. The van der Waals surface area contributed by atoms with Gasteiger partial charge in [-0.1, -0.05) is 55.0 Å². The van der Waals surface area contributed by atoms with Gasteiger partial charge in [0.15, 0.2) is 0 Å². The summed E-state index contributed by atoms with van der Waals surface area (Å²) in [5.41, 5.74) is 4.73. The van der Waals surface area contributed by atoms with Crippen LogP contribution in [0.25, 0.3) is 11.1 Å². The zero-order chi connectivity index (χ0) is 18.8. The Bertz CT molecular complexity index is 817. The molecule has 2 atom stereocenters. The Hall–Kier alpha value is -2.82. The summed E-state index contributed by atoms with van der Waals surface area (Å²) in [4.78, 5) is 23.4. The molecule has 0 radical (unpaired) electrons. The molecule has 2 N–H and O–H groups in total. The highest BCUT2D eigenvalue weighted by Gasteiger charge is 2.33. The summed E-state index contributed by atoms with van der Waals surface area (Å²) in [7, 11) is 0. The summed E-state index contributed by atoms with van der Waals surface area (Å²) in [5.74, 6) is -1.12. The highest BCUT2D eigenvalue weighted by atomic mass is 16.5. The number of alkyl carbamates (subject to hydrolysis) is 1. The molecule has 0 heterocycles. The van der Waals surface area contributed by atoms with Gasteiger partial charge in [-0.05, 0) is 41.0 Å². The molecular weight excluding hydrogens is 342 g/mol. The van der Waals surface area contributed by atoms with Crippen molar-refractivity contribution in [1.82, 2.24) is 5.32 Å². The Morgan fingerprint density at radius 3 is 2.26 bits per heavy atom. The fraction of sp³-hybridized carbons (Fsp3) is 0.364. The lowest BCUT2D eigenvalue weighted by atomic mass is 9.96. The van der Waals surface area contributed by atoms with E-state index in [0.717, 1.165) is 12.8 Å². The molecule has 0 bridgehead atoms. The van der Waals surface area contributed by atoms with Gasteiger partial charge in [0.2, 0.25) is 0 Å². The number of carbonyl (C=O) groups is 2. The van der Waals surface area contributed by atoms with Gasteiger partial charge in [-0.3, -0.25) is 4.79 Å². The molecule has 0 unspecified atom stereocenters. The number of carbonyl (C=O) groups excluding carboxylic acids is 1. The van der Waals surface area contributed by atoms with Crippen molar-refractivity contribution in [3.05, 3.63) is 59.7 Å². The molecule has 2 aromatic carbocycles. The van der Waals surface area contributed by atoms with E-state index < -0.39 is 12.1 Å². The fourth-order valence-electron chi connectivity index (χ4n) is 4.47. The molecule has 5 nitrogen and oxygen atoms in total. The molecular formula is C22H23NO4. The lowest BCUT2D eigenvalue weighted by molar-refractivity contribution is -0.142. The number of ether oxygens (including phenoxy) is 1. The molecule has 0 aliphatic heterocycles. The van der Waals surface area contributed by atoms with E-state index in [1.165, 1.54) is 22.3 Å². The number of hydrogen-bond donors (Lipinski definition) is 2. The van der Waals surface area contributed by atoms with Crippen LogP contribution in [0.1, 0.15) is 36.3 Å². The molecule has 140 valence electrons. The van der Waals surface area contributed by atoms with Gasteiger partial charge in [0.05, 0.1) is 5.92 Å². The molecule has 4 rings (SSSR count). The molecule has 1 fully saturated rings. The van der Waals surface area contributed by atoms with Gasteiger partial charge in [0.1, 0.15) is 6.61 Å². The Balaban J connectivity index is 1.37. The topological polar surface area (TPSA) is 75.6 Å². The van der Waals surface area contributed by atoms with Crippen molar-refractivity contribution in [2.75, 3.05) is 13.2 Å². The summed E-state index contributed by atoms with van der Waals surface area (Å²) >= 11 is 0. The minimum absolute atomic E-state index is 0.0111. The maximum atomic E-state index is 12.2. The number of aliphatic carboxylic acids is 1. The third-order valence-electron chi connectivity index (χ3n) is 5.83. The Labute approximate surface area is 158 Å². The first-order valence-electron chi connectivity index (χ1n) is 9.47. The van der Waals surface area contributed by atoms with E-state index in [4.69, 9.17) is 4.74 Å². The van der Waals surface area contributed by atoms with E-state index >= 15 is 0 Å². The minimum Gasteiger partial charge on any atom is -0.481 e. The van der Waals surface area contributed by atoms with Gasteiger partial charge >= 0.3 is 12.1 Å². The van der Waals surface area contributed by atoms with Crippen molar-refractivity contribution in [3.8, 4) is 11.1 Å². The maximum Gasteiger partial charge on any atom is 0.407 e. The number of benzene rings is 2. The third-order valence-corrected chi connectivity index (χ3v) is 5.83. The Kier molecular flexibility index (Phi) is 4.84. The van der Waals surface area contributed by atoms with Crippen LogP contribution in [-0.4, -0.2) is 30.3 Å². The number of carboxylic acid groups (broad SMARTS) is 1. The van der Waals surface area contributed by atoms with Crippen LogP contribution in [0.2, 0.25) is 0 Å². The zero-order valence-electron chi connectivity index (χ0n) is 15.1. The second kappa shape index (κ2) is 7.43. The molecule has 2 aromatic rings. The van der Waals surface area contributed by atoms with Gasteiger partial charge < -0.3 is 15.2 Å². The molecule has 1 amide bonds. The quantitative estimate of drug-likeness (QED) is 0.839. The lowest BCUT2D eigenvalue weighted by Gasteiger charge is -2.18.